The molecule has 1 aliphatic rings. The molecule has 0 radical (unpaired) electrons. The molecule has 0 bridgehead atoms. The second-order valence-electron chi connectivity index (χ2n) is 6.90. The van der Waals surface area contributed by atoms with Gasteiger partial charge in [-0.15, -0.1) is 11.3 Å². The minimum absolute atomic E-state index is 0.0676. The zero-order valence-electron chi connectivity index (χ0n) is 15.8. The molecule has 1 amide bonds. The molecule has 6 nitrogen and oxygen atoms in total. The van der Waals surface area contributed by atoms with Crippen LogP contribution in [-0.4, -0.2) is 46.7 Å². The number of thiazole rings is 1. The summed E-state index contributed by atoms with van der Waals surface area (Å²) in [5.74, 6) is -1.15. The van der Waals surface area contributed by atoms with Crippen molar-refractivity contribution in [3.8, 4) is 11.1 Å². The number of fused-ring (bicyclic) bond motifs is 3. The Hall–Kier alpha value is -3.19. The zero-order valence-corrected chi connectivity index (χ0v) is 16.6. The molecule has 0 spiro atoms. The summed E-state index contributed by atoms with van der Waals surface area (Å²) < 4.78 is 5.56. The van der Waals surface area contributed by atoms with Crippen molar-refractivity contribution < 1.29 is 19.4 Å². The average molecular weight is 408 g/mol. The molecule has 1 unspecified atom stereocenters. The van der Waals surface area contributed by atoms with Crippen LogP contribution in [0.1, 0.15) is 22.1 Å². The Bertz CT molecular complexity index is 989. The van der Waals surface area contributed by atoms with Crippen molar-refractivity contribution >= 4 is 23.4 Å². The number of rotatable bonds is 6. The van der Waals surface area contributed by atoms with Gasteiger partial charge in [-0.1, -0.05) is 48.5 Å². The molecule has 1 heterocycles. The number of ether oxygens (including phenoxy) is 1. The van der Waals surface area contributed by atoms with E-state index in [1.807, 2.05) is 36.4 Å². The number of aromatic nitrogens is 1. The highest BCUT2D eigenvalue weighted by Gasteiger charge is 2.32. The Labute approximate surface area is 172 Å². The zero-order chi connectivity index (χ0) is 20.4. The maximum atomic E-state index is 12.6. The average Bonchev–Trinajstić information content (AvgIpc) is 3.36. The smallest absolute Gasteiger partial charge is 0.410 e. The molecule has 148 valence electrons. The van der Waals surface area contributed by atoms with Gasteiger partial charge in [0.05, 0.1) is 5.01 Å². The van der Waals surface area contributed by atoms with E-state index in [4.69, 9.17) is 4.74 Å². The number of hydrogen-bond donors (Lipinski definition) is 1. The first-order valence-electron chi connectivity index (χ1n) is 9.25. The standard InChI is InChI=1S/C22H20N2O4S/c1-24(19(21(25)26)12-20-23-10-11-29-20)22(27)28-13-18-16-8-4-2-6-14(16)15-7-3-5-9-17(15)18/h2-11,18-19H,12-13H2,1H3,(H,25,26). The summed E-state index contributed by atoms with van der Waals surface area (Å²) in [5.41, 5.74) is 4.51. The Kier molecular flexibility index (Phi) is 5.31. The largest absolute Gasteiger partial charge is 0.480 e. The fourth-order valence-electron chi connectivity index (χ4n) is 3.73. The number of benzene rings is 2. The van der Waals surface area contributed by atoms with E-state index in [1.54, 1.807) is 11.6 Å². The molecule has 2 aromatic carbocycles. The summed E-state index contributed by atoms with van der Waals surface area (Å²) in [6.07, 6.45) is 1.11. The molecule has 4 rings (SSSR count). The highest BCUT2D eigenvalue weighted by molar-refractivity contribution is 7.09. The molecule has 7 heteroatoms. The maximum absolute atomic E-state index is 12.6. The molecule has 1 aromatic heterocycles. The minimum Gasteiger partial charge on any atom is -0.480 e. The molecular weight excluding hydrogens is 388 g/mol. The molecule has 3 aromatic rings. The van der Waals surface area contributed by atoms with E-state index in [9.17, 15) is 14.7 Å². The SMILES string of the molecule is CN(C(=O)OCC1c2ccccc2-c2ccccc21)C(Cc1nccs1)C(=O)O. The third kappa shape index (κ3) is 3.73. The van der Waals surface area contributed by atoms with Crippen LogP contribution >= 0.6 is 11.3 Å². The van der Waals surface area contributed by atoms with E-state index in [0.717, 1.165) is 27.2 Å². The number of aliphatic carboxylic acids is 1. The van der Waals surface area contributed by atoms with Gasteiger partial charge in [-0.3, -0.25) is 4.90 Å². The Morgan fingerprint density at radius 2 is 1.76 bits per heavy atom. The van der Waals surface area contributed by atoms with Gasteiger partial charge in [0, 0.05) is 31.0 Å². The second kappa shape index (κ2) is 8.05. The number of amides is 1. The van der Waals surface area contributed by atoms with Gasteiger partial charge in [0.25, 0.3) is 0 Å². The molecule has 0 fully saturated rings. The van der Waals surface area contributed by atoms with Crippen LogP contribution < -0.4 is 0 Å². The summed E-state index contributed by atoms with van der Waals surface area (Å²) in [5, 5.41) is 12.0. The van der Waals surface area contributed by atoms with Crippen molar-refractivity contribution in [1.29, 1.82) is 0 Å². The Morgan fingerprint density at radius 1 is 1.14 bits per heavy atom. The number of nitrogens with zero attached hydrogens (tertiary/aromatic N) is 2. The predicted molar refractivity (Wildman–Crippen MR) is 110 cm³/mol. The van der Waals surface area contributed by atoms with Crippen LogP contribution in [0, 0.1) is 0 Å². The number of carbonyl (C=O) groups is 2. The molecule has 0 aliphatic heterocycles. The molecule has 0 saturated heterocycles. The van der Waals surface area contributed by atoms with Crippen molar-refractivity contribution in [2.24, 2.45) is 0 Å². The normalized spacial score (nSPS) is 13.4. The highest BCUT2D eigenvalue weighted by atomic mass is 32.1. The molecule has 1 aliphatic carbocycles. The topological polar surface area (TPSA) is 79.7 Å². The summed E-state index contributed by atoms with van der Waals surface area (Å²) >= 11 is 1.36. The predicted octanol–water partition coefficient (Wildman–Crippen LogP) is 4.02. The number of hydrogen-bond acceptors (Lipinski definition) is 5. The fourth-order valence-corrected chi connectivity index (χ4v) is 4.39. The lowest BCUT2D eigenvalue weighted by Gasteiger charge is -2.24. The Morgan fingerprint density at radius 3 is 2.31 bits per heavy atom. The van der Waals surface area contributed by atoms with Gasteiger partial charge in [-0.25, -0.2) is 14.6 Å². The lowest BCUT2D eigenvalue weighted by Crippen LogP contribution is -2.44. The first kappa shape index (κ1) is 19.1. The molecular formula is C22H20N2O4S. The second-order valence-corrected chi connectivity index (χ2v) is 7.88. The van der Waals surface area contributed by atoms with Crippen molar-refractivity contribution in [2.45, 2.75) is 18.4 Å². The molecule has 1 atom stereocenters. The van der Waals surface area contributed by atoms with Gasteiger partial charge in [0.15, 0.2) is 0 Å². The van der Waals surface area contributed by atoms with Crippen LogP contribution in [0.2, 0.25) is 0 Å². The van der Waals surface area contributed by atoms with Crippen LogP contribution in [0.4, 0.5) is 4.79 Å². The highest BCUT2D eigenvalue weighted by Crippen LogP contribution is 2.44. The van der Waals surface area contributed by atoms with Crippen molar-refractivity contribution in [3.63, 3.8) is 0 Å². The Balaban J connectivity index is 1.48. The summed E-state index contributed by atoms with van der Waals surface area (Å²) in [7, 11) is 1.45. The third-order valence-electron chi connectivity index (χ3n) is 5.23. The molecule has 0 saturated carbocycles. The summed E-state index contributed by atoms with van der Waals surface area (Å²) in [6, 6.07) is 15.1. The van der Waals surface area contributed by atoms with Crippen molar-refractivity contribution in [3.05, 3.63) is 76.2 Å². The van der Waals surface area contributed by atoms with Crippen LogP contribution in [0.15, 0.2) is 60.1 Å². The van der Waals surface area contributed by atoms with Gasteiger partial charge < -0.3 is 9.84 Å². The van der Waals surface area contributed by atoms with Crippen LogP contribution in [0.5, 0.6) is 0 Å². The number of carboxylic acids is 1. The third-order valence-corrected chi connectivity index (χ3v) is 6.03. The quantitative estimate of drug-likeness (QED) is 0.666. The lowest BCUT2D eigenvalue weighted by molar-refractivity contribution is -0.142. The number of carbonyl (C=O) groups excluding carboxylic acids is 1. The maximum Gasteiger partial charge on any atom is 0.410 e. The summed E-state index contributed by atoms with van der Waals surface area (Å²) in [6.45, 7) is 0.154. The van der Waals surface area contributed by atoms with E-state index in [1.165, 1.54) is 18.4 Å². The van der Waals surface area contributed by atoms with E-state index < -0.39 is 18.1 Å². The first-order chi connectivity index (χ1) is 14.1. The van der Waals surface area contributed by atoms with Gasteiger partial charge in [-0.05, 0) is 22.3 Å². The van der Waals surface area contributed by atoms with Gasteiger partial charge in [0.2, 0.25) is 0 Å². The van der Waals surface area contributed by atoms with E-state index in [2.05, 4.69) is 17.1 Å². The monoisotopic (exact) mass is 408 g/mol. The van der Waals surface area contributed by atoms with Gasteiger partial charge in [0.1, 0.15) is 12.6 Å². The van der Waals surface area contributed by atoms with E-state index in [0.29, 0.717) is 5.01 Å². The van der Waals surface area contributed by atoms with Crippen LogP contribution in [0.3, 0.4) is 0 Å². The molecule has 1 N–H and O–H groups in total. The van der Waals surface area contributed by atoms with Crippen molar-refractivity contribution in [1.82, 2.24) is 9.88 Å². The van der Waals surface area contributed by atoms with E-state index in [-0.39, 0.29) is 18.9 Å². The van der Waals surface area contributed by atoms with Crippen LogP contribution in [-0.2, 0) is 16.0 Å². The lowest BCUT2D eigenvalue weighted by atomic mass is 9.98. The molecule has 29 heavy (non-hydrogen) atoms. The van der Waals surface area contributed by atoms with Gasteiger partial charge in [-0.2, -0.15) is 0 Å². The van der Waals surface area contributed by atoms with Gasteiger partial charge >= 0.3 is 12.1 Å². The summed E-state index contributed by atoms with van der Waals surface area (Å²) in [4.78, 5) is 29.6. The fraction of sp³-hybridized carbons (Fsp3) is 0.227. The van der Waals surface area contributed by atoms with Crippen molar-refractivity contribution in [2.75, 3.05) is 13.7 Å². The minimum atomic E-state index is -1.09. The first-order valence-corrected chi connectivity index (χ1v) is 10.1. The number of likely N-dealkylation sites (N-methyl/N-ethyl adjacent to an activating group) is 1. The number of carboxylic acid groups (broad SMARTS) is 1. The van der Waals surface area contributed by atoms with Crippen LogP contribution in [0.25, 0.3) is 11.1 Å². The van der Waals surface area contributed by atoms with E-state index >= 15 is 0 Å².